The van der Waals surface area contributed by atoms with Crippen LogP contribution in [0.25, 0.3) is 0 Å². The first-order valence-electron chi connectivity index (χ1n) is 5.01. The van der Waals surface area contributed by atoms with Gasteiger partial charge in [-0.3, -0.25) is 0 Å². The van der Waals surface area contributed by atoms with E-state index in [1.54, 1.807) is 7.11 Å². The fourth-order valence-corrected chi connectivity index (χ4v) is 1.39. The average Bonchev–Trinajstić information content (AvgIpc) is 2.18. The smallest absolute Gasteiger partial charge is 0.334 e. The largest absolute Gasteiger partial charge is 0.479 e. The molecule has 0 aliphatic heterocycles. The minimum Gasteiger partial charge on any atom is -0.479 e. The molecule has 0 heterocycles. The predicted octanol–water partition coefficient (Wildman–Crippen LogP) is -1.09. The number of ether oxygens (including phenoxy) is 1. The van der Waals surface area contributed by atoms with Crippen molar-refractivity contribution in [3.8, 4) is 0 Å². The maximum absolute atomic E-state index is 11.2. The summed E-state index contributed by atoms with van der Waals surface area (Å²) in [4.78, 5) is 21.4. The van der Waals surface area contributed by atoms with Crippen molar-refractivity contribution in [2.24, 2.45) is 0 Å². The Hall–Kier alpha value is -1.34. The van der Waals surface area contributed by atoms with Gasteiger partial charge < -0.3 is 25.6 Å². The van der Waals surface area contributed by atoms with E-state index in [0.717, 1.165) is 12.8 Å². The minimum absolute atomic E-state index is 0.0620. The molecular formula is C9H16N2O5. The van der Waals surface area contributed by atoms with E-state index in [1.807, 2.05) is 0 Å². The van der Waals surface area contributed by atoms with E-state index >= 15 is 0 Å². The molecule has 0 unspecified atom stereocenters. The Balaban J connectivity index is 2.10. The molecule has 0 aromatic rings. The zero-order valence-electron chi connectivity index (χ0n) is 8.97. The van der Waals surface area contributed by atoms with Gasteiger partial charge >= 0.3 is 12.0 Å². The summed E-state index contributed by atoms with van der Waals surface area (Å²) >= 11 is 0. The van der Waals surface area contributed by atoms with E-state index in [4.69, 9.17) is 14.9 Å². The van der Waals surface area contributed by atoms with Crippen LogP contribution in [0.4, 0.5) is 4.79 Å². The van der Waals surface area contributed by atoms with Gasteiger partial charge in [0.2, 0.25) is 0 Å². The van der Waals surface area contributed by atoms with Gasteiger partial charge in [-0.2, -0.15) is 0 Å². The van der Waals surface area contributed by atoms with Crippen LogP contribution in [0.15, 0.2) is 0 Å². The summed E-state index contributed by atoms with van der Waals surface area (Å²) in [6.45, 7) is -0.304. The molecule has 0 radical (unpaired) electrons. The first kappa shape index (κ1) is 12.7. The van der Waals surface area contributed by atoms with Crippen molar-refractivity contribution in [2.45, 2.75) is 31.1 Å². The van der Waals surface area contributed by atoms with Gasteiger partial charge in [0.25, 0.3) is 0 Å². The molecule has 16 heavy (non-hydrogen) atoms. The van der Waals surface area contributed by atoms with Gasteiger partial charge in [0.1, 0.15) is 0 Å². The number of amides is 2. The van der Waals surface area contributed by atoms with Crippen molar-refractivity contribution in [1.82, 2.24) is 10.6 Å². The summed E-state index contributed by atoms with van der Waals surface area (Å²) in [6.07, 6.45) is 0.130. The summed E-state index contributed by atoms with van der Waals surface area (Å²) in [5.74, 6) is -1.36. The molecule has 1 aliphatic rings. The van der Waals surface area contributed by atoms with Gasteiger partial charge in [0.15, 0.2) is 6.10 Å². The van der Waals surface area contributed by atoms with Crippen molar-refractivity contribution in [1.29, 1.82) is 0 Å². The number of hydrogen-bond donors (Lipinski definition) is 4. The normalized spacial score (nSPS) is 25.4. The fraction of sp³-hybridized carbons (Fsp3) is 0.778. The fourth-order valence-electron chi connectivity index (χ4n) is 1.39. The molecule has 0 aromatic heterocycles. The number of urea groups is 1. The molecule has 7 nitrogen and oxygen atoms in total. The van der Waals surface area contributed by atoms with Crippen LogP contribution in [0.1, 0.15) is 12.8 Å². The van der Waals surface area contributed by atoms with Crippen LogP contribution < -0.4 is 10.6 Å². The van der Waals surface area contributed by atoms with Gasteiger partial charge in [-0.25, -0.2) is 9.59 Å². The third-order valence-electron chi connectivity index (χ3n) is 2.50. The highest BCUT2D eigenvalue weighted by Crippen LogP contribution is 2.22. The Morgan fingerprint density at radius 2 is 2.12 bits per heavy atom. The molecule has 1 saturated carbocycles. The van der Waals surface area contributed by atoms with Crippen LogP contribution in [-0.2, 0) is 9.53 Å². The molecule has 92 valence electrons. The average molecular weight is 232 g/mol. The number of rotatable bonds is 5. The van der Waals surface area contributed by atoms with Crippen molar-refractivity contribution >= 4 is 12.0 Å². The van der Waals surface area contributed by atoms with Crippen LogP contribution in [0.2, 0.25) is 0 Å². The number of hydrogen-bond acceptors (Lipinski definition) is 4. The van der Waals surface area contributed by atoms with Crippen LogP contribution >= 0.6 is 0 Å². The Bertz CT molecular complexity index is 265. The van der Waals surface area contributed by atoms with Gasteiger partial charge in [0, 0.05) is 13.2 Å². The predicted molar refractivity (Wildman–Crippen MR) is 54.0 cm³/mol. The first-order chi connectivity index (χ1) is 7.52. The van der Waals surface area contributed by atoms with Gasteiger partial charge in [-0.05, 0) is 12.8 Å². The van der Waals surface area contributed by atoms with E-state index in [9.17, 15) is 9.59 Å². The molecule has 0 spiro atoms. The second-order valence-electron chi connectivity index (χ2n) is 3.73. The number of aliphatic carboxylic acids is 1. The number of carboxylic acid groups (broad SMARTS) is 1. The lowest BCUT2D eigenvalue weighted by Crippen LogP contribution is -2.52. The lowest BCUT2D eigenvalue weighted by molar-refractivity contribution is -0.146. The molecular weight excluding hydrogens is 216 g/mol. The van der Waals surface area contributed by atoms with E-state index in [2.05, 4.69) is 10.6 Å². The summed E-state index contributed by atoms with van der Waals surface area (Å²) in [6, 6.07) is -0.410. The molecule has 1 aliphatic carbocycles. The third kappa shape index (κ3) is 3.67. The van der Waals surface area contributed by atoms with E-state index < -0.39 is 18.1 Å². The minimum atomic E-state index is -1.57. The molecule has 2 amide bonds. The summed E-state index contributed by atoms with van der Waals surface area (Å²) < 4.78 is 5.04. The highest BCUT2D eigenvalue weighted by molar-refractivity contribution is 5.76. The van der Waals surface area contributed by atoms with Crippen molar-refractivity contribution in [2.75, 3.05) is 13.7 Å². The first-order valence-corrected chi connectivity index (χ1v) is 5.01. The number of carbonyl (C=O) groups is 2. The van der Waals surface area contributed by atoms with Crippen LogP contribution in [0.3, 0.4) is 0 Å². The Labute approximate surface area is 92.8 Å². The van der Waals surface area contributed by atoms with Gasteiger partial charge in [0.05, 0.1) is 12.6 Å². The number of nitrogens with one attached hydrogen (secondary N) is 2. The monoisotopic (exact) mass is 232 g/mol. The van der Waals surface area contributed by atoms with E-state index in [1.165, 1.54) is 0 Å². The third-order valence-corrected chi connectivity index (χ3v) is 2.50. The van der Waals surface area contributed by atoms with Crippen LogP contribution in [0, 0.1) is 0 Å². The number of methoxy groups -OCH3 is 1. The molecule has 1 fully saturated rings. The molecule has 4 N–H and O–H groups in total. The second-order valence-corrected chi connectivity index (χ2v) is 3.73. The highest BCUT2D eigenvalue weighted by atomic mass is 16.5. The van der Waals surface area contributed by atoms with Crippen molar-refractivity contribution in [3.63, 3.8) is 0 Å². The number of aliphatic hydroxyl groups is 1. The SMILES string of the molecule is COC1CC(NC(=O)NC[C@H](O)C(=O)O)C1. The maximum atomic E-state index is 11.2. The summed E-state index contributed by atoms with van der Waals surface area (Å²) in [7, 11) is 1.62. The van der Waals surface area contributed by atoms with E-state index in [0.29, 0.717) is 0 Å². The molecule has 0 saturated heterocycles. The van der Waals surface area contributed by atoms with Crippen LogP contribution in [0.5, 0.6) is 0 Å². The standard InChI is InChI=1S/C9H16N2O5/c1-16-6-2-5(3-6)11-9(15)10-4-7(12)8(13)14/h5-7,12H,2-4H2,1H3,(H,13,14)(H2,10,11,15)/t5?,6?,7-/m0/s1. The lowest BCUT2D eigenvalue weighted by atomic mass is 9.89. The molecule has 1 rings (SSSR count). The van der Waals surface area contributed by atoms with Gasteiger partial charge in [-0.15, -0.1) is 0 Å². The highest BCUT2D eigenvalue weighted by Gasteiger charge is 2.30. The number of carboxylic acids is 1. The van der Waals surface area contributed by atoms with Gasteiger partial charge in [-0.1, -0.05) is 0 Å². The van der Waals surface area contributed by atoms with E-state index in [-0.39, 0.29) is 18.7 Å². The van der Waals surface area contributed by atoms with Crippen molar-refractivity contribution < 1.29 is 24.5 Å². The maximum Gasteiger partial charge on any atom is 0.334 e. The second kappa shape index (κ2) is 5.66. The van der Waals surface area contributed by atoms with Crippen molar-refractivity contribution in [3.05, 3.63) is 0 Å². The molecule has 7 heteroatoms. The quantitative estimate of drug-likeness (QED) is 0.481. The molecule has 0 bridgehead atoms. The molecule has 0 aromatic carbocycles. The Morgan fingerprint density at radius 3 is 2.62 bits per heavy atom. The Morgan fingerprint density at radius 1 is 1.50 bits per heavy atom. The zero-order valence-corrected chi connectivity index (χ0v) is 8.97. The zero-order chi connectivity index (χ0) is 12.1. The lowest BCUT2D eigenvalue weighted by Gasteiger charge is -2.34. The molecule has 1 atom stereocenters. The number of aliphatic hydroxyl groups excluding tert-OH is 1. The topological polar surface area (TPSA) is 108 Å². The Kier molecular flexibility index (Phi) is 4.51. The van der Waals surface area contributed by atoms with Crippen LogP contribution in [-0.4, -0.2) is 54.1 Å². The summed E-state index contributed by atoms with van der Waals surface area (Å²) in [5, 5.41) is 22.2. The summed E-state index contributed by atoms with van der Waals surface area (Å²) in [5.41, 5.74) is 0. The number of carbonyl (C=O) groups excluding carboxylic acids is 1.